The van der Waals surface area contributed by atoms with Crippen LogP contribution in [0.5, 0.6) is 0 Å². The number of pyridine rings is 1. The van der Waals surface area contributed by atoms with Crippen LogP contribution in [0.3, 0.4) is 0 Å². The summed E-state index contributed by atoms with van der Waals surface area (Å²) in [4.78, 5) is 6.24. The van der Waals surface area contributed by atoms with Crippen molar-refractivity contribution in [1.82, 2.24) is 4.98 Å². The number of hydrogen-bond acceptors (Lipinski definition) is 4. The van der Waals surface area contributed by atoms with E-state index in [1.54, 1.807) is 6.20 Å². The summed E-state index contributed by atoms with van der Waals surface area (Å²) in [6.45, 7) is 1.80. The van der Waals surface area contributed by atoms with E-state index in [2.05, 4.69) is 16.9 Å². The van der Waals surface area contributed by atoms with Crippen LogP contribution in [0.15, 0.2) is 18.5 Å². The van der Waals surface area contributed by atoms with Gasteiger partial charge >= 0.3 is 0 Å². The Hall–Kier alpha value is -1.29. The Labute approximate surface area is 96.4 Å². The molecule has 2 heterocycles. The maximum atomic E-state index is 5.71. The van der Waals surface area contributed by atoms with Crippen molar-refractivity contribution in [3.8, 4) is 0 Å². The second-order valence-electron chi connectivity index (χ2n) is 4.35. The Bertz CT molecular complexity index is 337. The van der Waals surface area contributed by atoms with Gasteiger partial charge in [0.05, 0.1) is 23.7 Å². The van der Waals surface area contributed by atoms with E-state index in [1.807, 2.05) is 12.3 Å². The average Bonchev–Trinajstić information content (AvgIpc) is 2.30. The Kier molecular flexibility index (Phi) is 3.62. The molecule has 0 bridgehead atoms. The molecule has 1 fully saturated rings. The zero-order valence-corrected chi connectivity index (χ0v) is 9.72. The van der Waals surface area contributed by atoms with Crippen molar-refractivity contribution >= 4 is 11.4 Å². The fourth-order valence-corrected chi connectivity index (χ4v) is 2.02. The van der Waals surface area contributed by atoms with E-state index in [0.29, 0.717) is 11.8 Å². The average molecular weight is 221 g/mol. The van der Waals surface area contributed by atoms with Gasteiger partial charge in [0.25, 0.3) is 0 Å². The van der Waals surface area contributed by atoms with E-state index < -0.39 is 0 Å². The topological polar surface area (TPSA) is 51.4 Å². The summed E-state index contributed by atoms with van der Waals surface area (Å²) in [6, 6.07) is 1.94. The normalized spacial score (nSPS) is 20.7. The minimum Gasteiger partial charge on any atom is -0.397 e. The minimum atomic E-state index is 0.347. The van der Waals surface area contributed by atoms with Crippen LogP contribution in [0.2, 0.25) is 0 Å². The zero-order chi connectivity index (χ0) is 11.4. The fraction of sp³-hybridized carbons (Fsp3) is 0.583. The largest absolute Gasteiger partial charge is 0.397 e. The third kappa shape index (κ3) is 2.85. The minimum absolute atomic E-state index is 0.347. The third-order valence-electron chi connectivity index (χ3n) is 2.94. The smallest absolute Gasteiger partial charge is 0.0749 e. The van der Waals surface area contributed by atoms with Crippen molar-refractivity contribution in [1.29, 1.82) is 0 Å². The number of ether oxygens (including phenoxy) is 1. The molecule has 88 valence electrons. The summed E-state index contributed by atoms with van der Waals surface area (Å²) >= 11 is 0. The number of nitrogens with zero attached hydrogens (tertiary/aromatic N) is 2. The Balaban J connectivity index is 1.94. The quantitative estimate of drug-likeness (QED) is 0.843. The zero-order valence-electron chi connectivity index (χ0n) is 9.72. The van der Waals surface area contributed by atoms with Gasteiger partial charge in [0.15, 0.2) is 0 Å². The summed E-state index contributed by atoms with van der Waals surface area (Å²) in [5.74, 6) is 0. The first-order valence-corrected chi connectivity index (χ1v) is 5.79. The van der Waals surface area contributed by atoms with Gasteiger partial charge in [-0.25, -0.2) is 0 Å². The molecular formula is C12H19N3O. The van der Waals surface area contributed by atoms with E-state index in [1.165, 1.54) is 12.8 Å². The molecule has 0 aliphatic carbocycles. The van der Waals surface area contributed by atoms with Crippen LogP contribution in [0.25, 0.3) is 0 Å². The maximum absolute atomic E-state index is 5.71. The number of likely N-dealkylation sites (N-methyl/N-ethyl adjacent to an activating group) is 1. The summed E-state index contributed by atoms with van der Waals surface area (Å²) < 4.78 is 5.71. The Morgan fingerprint density at radius 2 is 2.38 bits per heavy atom. The molecule has 1 aliphatic rings. The molecule has 0 saturated carbocycles. The van der Waals surface area contributed by atoms with Crippen molar-refractivity contribution < 1.29 is 4.74 Å². The lowest BCUT2D eigenvalue weighted by atomic mass is 10.1. The van der Waals surface area contributed by atoms with Gasteiger partial charge in [-0.15, -0.1) is 0 Å². The molecule has 1 aromatic heterocycles. The van der Waals surface area contributed by atoms with Gasteiger partial charge in [-0.3, -0.25) is 4.98 Å². The van der Waals surface area contributed by atoms with Crippen molar-refractivity contribution in [3.05, 3.63) is 18.5 Å². The summed E-state index contributed by atoms with van der Waals surface area (Å²) in [7, 11) is 2.05. The van der Waals surface area contributed by atoms with Crippen LogP contribution >= 0.6 is 0 Å². The first kappa shape index (κ1) is 11.2. The van der Waals surface area contributed by atoms with Crippen LogP contribution in [-0.2, 0) is 4.74 Å². The molecule has 1 aromatic rings. The highest BCUT2D eigenvalue weighted by Crippen LogP contribution is 2.18. The molecule has 4 nitrogen and oxygen atoms in total. The van der Waals surface area contributed by atoms with Crippen molar-refractivity contribution in [2.45, 2.75) is 25.4 Å². The maximum Gasteiger partial charge on any atom is 0.0749 e. The lowest BCUT2D eigenvalue weighted by molar-refractivity contribution is 0.0216. The van der Waals surface area contributed by atoms with E-state index in [0.717, 1.165) is 25.3 Å². The number of nitrogens with two attached hydrogens (primary N) is 1. The summed E-state index contributed by atoms with van der Waals surface area (Å²) in [5.41, 5.74) is 7.46. The van der Waals surface area contributed by atoms with Crippen LogP contribution in [0, 0.1) is 0 Å². The molecule has 1 saturated heterocycles. The molecule has 1 aliphatic heterocycles. The van der Waals surface area contributed by atoms with Gasteiger partial charge in [-0.2, -0.15) is 0 Å². The molecule has 0 aromatic carbocycles. The lowest BCUT2D eigenvalue weighted by Crippen LogP contribution is -2.33. The molecule has 16 heavy (non-hydrogen) atoms. The molecular weight excluding hydrogens is 202 g/mol. The molecule has 0 spiro atoms. The van der Waals surface area contributed by atoms with Gasteiger partial charge in [-0.05, 0) is 25.3 Å². The fourth-order valence-electron chi connectivity index (χ4n) is 2.02. The summed E-state index contributed by atoms with van der Waals surface area (Å²) in [6.07, 6.45) is 7.46. The molecule has 1 unspecified atom stereocenters. The Morgan fingerprint density at radius 3 is 3.06 bits per heavy atom. The first-order chi connectivity index (χ1) is 7.75. The third-order valence-corrected chi connectivity index (χ3v) is 2.94. The monoisotopic (exact) mass is 221 g/mol. The predicted octanol–water partition coefficient (Wildman–Crippen LogP) is 1.67. The number of nitrogen functional groups attached to an aromatic ring is 1. The number of aromatic nitrogens is 1. The van der Waals surface area contributed by atoms with Crippen LogP contribution in [0.4, 0.5) is 11.4 Å². The molecule has 4 heteroatoms. The van der Waals surface area contributed by atoms with Crippen LogP contribution in [0.1, 0.15) is 19.3 Å². The van der Waals surface area contributed by atoms with Gasteiger partial charge < -0.3 is 15.4 Å². The highest BCUT2D eigenvalue weighted by Gasteiger charge is 2.16. The Morgan fingerprint density at radius 1 is 1.50 bits per heavy atom. The molecule has 2 rings (SSSR count). The van der Waals surface area contributed by atoms with Crippen molar-refractivity contribution in [2.24, 2.45) is 0 Å². The lowest BCUT2D eigenvalue weighted by Gasteiger charge is -2.28. The second-order valence-corrected chi connectivity index (χ2v) is 4.35. The van der Waals surface area contributed by atoms with Crippen molar-refractivity contribution in [2.75, 3.05) is 30.8 Å². The van der Waals surface area contributed by atoms with Gasteiger partial charge in [0.1, 0.15) is 0 Å². The standard InChI is InChI=1S/C12H19N3O/c1-15(9-12-4-2-3-5-16-12)11-6-10(13)7-14-8-11/h6-8,12H,2-5,9,13H2,1H3. The number of hydrogen-bond donors (Lipinski definition) is 1. The van der Waals surface area contributed by atoms with Crippen LogP contribution in [-0.4, -0.2) is 31.3 Å². The predicted molar refractivity (Wildman–Crippen MR) is 65.5 cm³/mol. The van der Waals surface area contributed by atoms with Crippen molar-refractivity contribution in [3.63, 3.8) is 0 Å². The second kappa shape index (κ2) is 5.16. The van der Waals surface area contributed by atoms with E-state index in [9.17, 15) is 0 Å². The molecule has 0 radical (unpaired) electrons. The molecule has 0 amide bonds. The van der Waals surface area contributed by atoms with Gasteiger partial charge in [0, 0.05) is 26.4 Å². The van der Waals surface area contributed by atoms with Gasteiger partial charge in [0.2, 0.25) is 0 Å². The first-order valence-electron chi connectivity index (χ1n) is 5.79. The van der Waals surface area contributed by atoms with Crippen LogP contribution < -0.4 is 10.6 Å². The van der Waals surface area contributed by atoms with E-state index in [-0.39, 0.29) is 0 Å². The highest BCUT2D eigenvalue weighted by molar-refractivity contribution is 5.52. The number of anilines is 2. The van der Waals surface area contributed by atoms with E-state index in [4.69, 9.17) is 10.5 Å². The number of rotatable bonds is 3. The molecule has 2 N–H and O–H groups in total. The van der Waals surface area contributed by atoms with Gasteiger partial charge in [-0.1, -0.05) is 0 Å². The summed E-state index contributed by atoms with van der Waals surface area (Å²) in [5, 5.41) is 0. The SMILES string of the molecule is CN(CC1CCCCO1)c1cncc(N)c1. The van der Waals surface area contributed by atoms with E-state index >= 15 is 0 Å². The molecule has 1 atom stereocenters. The highest BCUT2D eigenvalue weighted by atomic mass is 16.5.